The van der Waals surface area contributed by atoms with Crippen molar-refractivity contribution in [1.82, 2.24) is 0 Å². The van der Waals surface area contributed by atoms with Gasteiger partial charge >= 0.3 is 0 Å². The highest BCUT2D eigenvalue weighted by atomic mass is 35.5. The number of thioether (sulfide) groups is 1. The fraction of sp³-hybridized carbons (Fsp3) is 0.667. The Balaban J connectivity index is 3.11. The summed E-state index contributed by atoms with van der Waals surface area (Å²) in [4.78, 5) is 19.7. The van der Waals surface area contributed by atoms with Crippen molar-refractivity contribution in [3.8, 4) is 0 Å². The molecular weight excluding hydrogens is 172 g/mol. The molecule has 0 aromatic carbocycles. The van der Waals surface area contributed by atoms with Crippen LogP contribution in [0.1, 0.15) is 12.8 Å². The summed E-state index contributed by atoms with van der Waals surface area (Å²) in [6, 6.07) is 0. The van der Waals surface area contributed by atoms with Crippen LogP contribution in [0.25, 0.3) is 0 Å². The Morgan fingerprint density at radius 1 is 1.40 bits per heavy atom. The molecule has 10 heavy (non-hydrogen) atoms. The smallest absolute Gasteiger partial charge is 0.122 e. The summed E-state index contributed by atoms with van der Waals surface area (Å²) in [6.45, 7) is 0. The van der Waals surface area contributed by atoms with Gasteiger partial charge in [-0.2, -0.15) is 0 Å². The molecule has 0 saturated heterocycles. The number of rotatable bonds is 6. The summed E-state index contributed by atoms with van der Waals surface area (Å²) in [5.74, 6) is 0.700. The Labute approximate surface area is 69.3 Å². The van der Waals surface area contributed by atoms with Gasteiger partial charge in [-0.3, -0.25) is 0 Å². The van der Waals surface area contributed by atoms with Crippen molar-refractivity contribution in [3.05, 3.63) is 0 Å². The number of alkyl halides is 1. The third-order valence-electron chi connectivity index (χ3n) is 0.816. The van der Waals surface area contributed by atoms with Gasteiger partial charge in [-0.25, -0.2) is 0 Å². The highest BCUT2D eigenvalue weighted by Crippen LogP contribution is 2.17. The summed E-state index contributed by atoms with van der Waals surface area (Å²) < 4.78 is -0.169. The highest BCUT2D eigenvalue weighted by molar-refractivity contribution is 8.01. The first-order chi connectivity index (χ1) is 4.81. The molecule has 0 aliphatic heterocycles. The maximum atomic E-state index is 9.88. The Hall–Kier alpha value is -0.0200. The van der Waals surface area contributed by atoms with Gasteiger partial charge in [-0.1, -0.05) is 0 Å². The molecule has 4 heteroatoms. The number of hydrogen-bond donors (Lipinski definition) is 0. The Kier molecular flexibility index (Phi) is 7.08. The topological polar surface area (TPSA) is 34.1 Å². The van der Waals surface area contributed by atoms with Crippen molar-refractivity contribution < 1.29 is 9.59 Å². The predicted molar refractivity (Wildman–Crippen MR) is 43.5 cm³/mol. The van der Waals surface area contributed by atoms with E-state index in [1.807, 2.05) is 0 Å². The van der Waals surface area contributed by atoms with Crippen LogP contribution in [0.2, 0.25) is 0 Å². The van der Waals surface area contributed by atoms with Gasteiger partial charge in [-0.05, 0) is 0 Å². The first-order valence-corrected chi connectivity index (χ1v) is 4.42. The Bertz CT molecular complexity index is 108. The van der Waals surface area contributed by atoms with Gasteiger partial charge < -0.3 is 9.59 Å². The molecular formula is C6H9ClO2S. The molecule has 0 spiro atoms. The average molecular weight is 181 g/mol. The first kappa shape index (κ1) is 9.98. The number of carbonyl (C=O) groups excluding carboxylic acids is 2. The summed E-state index contributed by atoms with van der Waals surface area (Å²) in [6.07, 6.45) is 2.49. The van der Waals surface area contributed by atoms with Crippen LogP contribution in [-0.4, -0.2) is 23.0 Å². The molecule has 0 radical (unpaired) electrons. The molecule has 0 N–H and O–H groups in total. The van der Waals surface area contributed by atoms with E-state index in [0.29, 0.717) is 18.6 Å². The van der Waals surface area contributed by atoms with Crippen molar-refractivity contribution in [3.63, 3.8) is 0 Å². The lowest BCUT2D eigenvalue weighted by Gasteiger charge is -2.01. The molecule has 2 nitrogen and oxygen atoms in total. The maximum absolute atomic E-state index is 9.88. The second-order valence-electron chi connectivity index (χ2n) is 1.64. The molecule has 0 aromatic heterocycles. The summed E-state index contributed by atoms with van der Waals surface area (Å²) in [5, 5.41) is 0. The lowest BCUT2D eigenvalue weighted by molar-refractivity contribution is -0.108. The van der Waals surface area contributed by atoms with Crippen molar-refractivity contribution in [2.24, 2.45) is 0 Å². The third-order valence-corrected chi connectivity index (χ3v) is 2.40. The molecule has 0 amide bonds. The molecule has 0 bridgehead atoms. The van der Waals surface area contributed by atoms with Gasteiger partial charge in [0.15, 0.2) is 0 Å². The summed E-state index contributed by atoms with van der Waals surface area (Å²) in [5.41, 5.74) is 0. The van der Waals surface area contributed by atoms with Crippen LogP contribution < -0.4 is 0 Å². The van der Waals surface area contributed by atoms with E-state index in [4.69, 9.17) is 11.6 Å². The van der Waals surface area contributed by atoms with Crippen LogP contribution in [0.3, 0.4) is 0 Å². The van der Waals surface area contributed by atoms with Crippen LogP contribution >= 0.6 is 23.4 Å². The lowest BCUT2D eigenvalue weighted by Crippen LogP contribution is -1.94. The molecule has 0 aliphatic rings. The van der Waals surface area contributed by atoms with E-state index in [-0.39, 0.29) is 4.71 Å². The van der Waals surface area contributed by atoms with E-state index in [1.165, 1.54) is 11.8 Å². The zero-order chi connectivity index (χ0) is 7.82. The number of aldehydes is 2. The highest BCUT2D eigenvalue weighted by Gasteiger charge is 2.01. The fourth-order valence-corrected chi connectivity index (χ4v) is 1.43. The lowest BCUT2D eigenvalue weighted by atomic mass is 10.5. The van der Waals surface area contributed by atoms with Crippen molar-refractivity contribution in [2.45, 2.75) is 17.6 Å². The van der Waals surface area contributed by atoms with E-state index >= 15 is 0 Å². The molecule has 58 valence electrons. The maximum Gasteiger partial charge on any atom is 0.122 e. The Morgan fingerprint density at radius 3 is 2.60 bits per heavy atom. The minimum atomic E-state index is -0.169. The van der Waals surface area contributed by atoms with Gasteiger partial charge in [0.2, 0.25) is 0 Å². The second kappa shape index (κ2) is 7.09. The van der Waals surface area contributed by atoms with Gasteiger partial charge in [-0.15, -0.1) is 23.4 Å². The van der Waals surface area contributed by atoms with E-state index < -0.39 is 0 Å². The third kappa shape index (κ3) is 6.11. The van der Waals surface area contributed by atoms with E-state index in [0.717, 1.165) is 12.6 Å². The summed E-state index contributed by atoms with van der Waals surface area (Å²) >= 11 is 7.06. The van der Waals surface area contributed by atoms with E-state index in [2.05, 4.69) is 0 Å². The first-order valence-electron chi connectivity index (χ1n) is 2.94. The van der Waals surface area contributed by atoms with Crippen LogP contribution in [-0.2, 0) is 9.59 Å². The molecule has 0 rings (SSSR count). The van der Waals surface area contributed by atoms with Crippen LogP contribution in [0, 0.1) is 0 Å². The largest absolute Gasteiger partial charge is 0.303 e. The van der Waals surface area contributed by atoms with Crippen molar-refractivity contribution in [2.75, 3.05) is 5.75 Å². The molecule has 0 aromatic rings. The monoisotopic (exact) mass is 180 g/mol. The normalized spacial score (nSPS) is 12.5. The van der Waals surface area contributed by atoms with Gasteiger partial charge in [0.05, 0.1) is 4.71 Å². The van der Waals surface area contributed by atoms with Crippen LogP contribution in [0.15, 0.2) is 0 Å². The molecule has 0 heterocycles. The Morgan fingerprint density at radius 2 is 2.10 bits per heavy atom. The molecule has 1 unspecified atom stereocenters. The van der Waals surface area contributed by atoms with E-state index in [9.17, 15) is 9.59 Å². The van der Waals surface area contributed by atoms with Gasteiger partial charge in [0.25, 0.3) is 0 Å². The van der Waals surface area contributed by atoms with Gasteiger partial charge in [0, 0.05) is 18.6 Å². The number of halogens is 1. The van der Waals surface area contributed by atoms with E-state index in [1.54, 1.807) is 0 Å². The second-order valence-corrected chi connectivity index (χ2v) is 3.73. The van der Waals surface area contributed by atoms with Crippen LogP contribution in [0.4, 0.5) is 0 Å². The summed E-state index contributed by atoms with van der Waals surface area (Å²) in [7, 11) is 0. The molecule has 0 aliphatic carbocycles. The van der Waals surface area contributed by atoms with Crippen molar-refractivity contribution >= 4 is 35.9 Å². The predicted octanol–water partition coefficient (Wildman–Crippen LogP) is 1.46. The van der Waals surface area contributed by atoms with Crippen molar-refractivity contribution in [1.29, 1.82) is 0 Å². The standard InChI is InChI=1S/C6H9ClO2S/c7-6(2-4-9)10-5-1-3-8/h3-4,6H,1-2,5H2. The molecule has 0 saturated carbocycles. The zero-order valence-electron chi connectivity index (χ0n) is 5.46. The molecule has 1 atom stereocenters. The fourth-order valence-electron chi connectivity index (χ4n) is 0.388. The SMILES string of the molecule is O=CCCSC(Cl)CC=O. The minimum Gasteiger partial charge on any atom is -0.303 e. The number of carbonyl (C=O) groups is 2. The van der Waals surface area contributed by atoms with Crippen LogP contribution in [0.5, 0.6) is 0 Å². The average Bonchev–Trinajstić information content (AvgIpc) is 1.89. The van der Waals surface area contributed by atoms with Gasteiger partial charge in [0.1, 0.15) is 12.6 Å². The minimum absolute atomic E-state index is 0.169. The quantitative estimate of drug-likeness (QED) is 0.353. The molecule has 0 fully saturated rings. The zero-order valence-corrected chi connectivity index (χ0v) is 7.03. The number of hydrogen-bond acceptors (Lipinski definition) is 3.